The van der Waals surface area contributed by atoms with Crippen LogP contribution in [0.15, 0.2) is 42.6 Å². The zero-order chi connectivity index (χ0) is 16.3. The Morgan fingerprint density at radius 3 is 2.12 bits per heavy atom. The van der Waals surface area contributed by atoms with Gasteiger partial charge >= 0.3 is 103 Å². The van der Waals surface area contributed by atoms with E-state index in [0.717, 1.165) is 17.0 Å². The van der Waals surface area contributed by atoms with E-state index in [4.69, 9.17) is 0 Å². The number of rotatable bonds is 4. The maximum absolute atomic E-state index is 11.9. The van der Waals surface area contributed by atoms with Crippen LogP contribution >= 0.6 is 0 Å². The fourth-order valence-corrected chi connectivity index (χ4v) is 1.96. The van der Waals surface area contributed by atoms with Crippen LogP contribution in [0.25, 0.3) is 0 Å². The zero-order valence-electron chi connectivity index (χ0n) is 13.5. The van der Waals surface area contributed by atoms with E-state index in [1.165, 1.54) is 25.3 Å². The standard InChI is InChI=1S/C15H12N2O5.2K/c1-9(18)17(13-4-2-3-7-16-13)12-6-5-10(14(19)20)8-11(12)15(21)22;;/h2-8H,1H3,(H,19,20)(H,21,22);;/q;2*+1/p-2. The average Bonchev–Trinajstić information content (AvgIpc) is 2.48. The van der Waals surface area contributed by atoms with Gasteiger partial charge in [0.1, 0.15) is 5.82 Å². The number of carboxylic acids is 2. The quantitative estimate of drug-likeness (QED) is 0.490. The van der Waals surface area contributed by atoms with E-state index in [9.17, 15) is 24.6 Å². The largest absolute Gasteiger partial charge is 1.00 e. The molecule has 112 valence electrons. The van der Waals surface area contributed by atoms with Crippen molar-refractivity contribution in [1.82, 2.24) is 4.98 Å². The van der Waals surface area contributed by atoms with Crippen LogP contribution in [0.4, 0.5) is 11.5 Å². The van der Waals surface area contributed by atoms with Crippen LogP contribution in [0.1, 0.15) is 27.6 Å². The molecular weight excluding hydrogens is 366 g/mol. The van der Waals surface area contributed by atoms with Crippen LogP contribution in [0.5, 0.6) is 0 Å². The number of carbonyl (C=O) groups is 3. The number of benzene rings is 1. The van der Waals surface area contributed by atoms with Crippen molar-refractivity contribution >= 4 is 29.4 Å². The Balaban J connectivity index is 0.00000264. The minimum absolute atomic E-state index is 0. The van der Waals surface area contributed by atoms with Crippen molar-refractivity contribution in [2.75, 3.05) is 4.90 Å². The van der Waals surface area contributed by atoms with E-state index in [0.29, 0.717) is 0 Å². The van der Waals surface area contributed by atoms with Gasteiger partial charge in [0.15, 0.2) is 0 Å². The van der Waals surface area contributed by atoms with E-state index in [-0.39, 0.29) is 120 Å². The average molecular weight is 376 g/mol. The second kappa shape index (κ2) is 10.9. The molecule has 0 N–H and O–H groups in total. The summed E-state index contributed by atoms with van der Waals surface area (Å²) in [5, 5.41) is 22.1. The van der Waals surface area contributed by atoms with E-state index in [2.05, 4.69) is 4.98 Å². The molecule has 0 aliphatic rings. The predicted molar refractivity (Wildman–Crippen MR) is 72.2 cm³/mol. The fourth-order valence-electron chi connectivity index (χ4n) is 1.96. The fraction of sp³-hybridized carbons (Fsp3) is 0.0667. The molecule has 24 heavy (non-hydrogen) atoms. The van der Waals surface area contributed by atoms with Gasteiger partial charge < -0.3 is 19.8 Å². The molecular formula is C15H10K2N2O5. The van der Waals surface area contributed by atoms with Gasteiger partial charge in [0, 0.05) is 18.7 Å². The van der Waals surface area contributed by atoms with Crippen LogP contribution < -0.4 is 118 Å². The molecule has 1 aromatic carbocycles. The van der Waals surface area contributed by atoms with E-state index >= 15 is 0 Å². The first-order valence-electron chi connectivity index (χ1n) is 6.20. The molecule has 0 bridgehead atoms. The van der Waals surface area contributed by atoms with Gasteiger partial charge in [-0.2, -0.15) is 0 Å². The van der Waals surface area contributed by atoms with Gasteiger partial charge in [-0.1, -0.05) is 12.1 Å². The molecule has 2 rings (SSSR count). The van der Waals surface area contributed by atoms with Gasteiger partial charge in [-0.15, -0.1) is 0 Å². The second-order valence-electron chi connectivity index (χ2n) is 4.35. The maximum Gasteiger partial charge on any atom is 1.00 e. The molecule has 0 atom stereocenters. The Hall–Kier alpha value is 0.0527. The molecule has 0 aliphatic carbocycles. The van der Waals surface area contributed by atoms with Gasteiger partial charge in [-0.3, -0.25) is 9.69 Å². The molecule has 9 heteroatoms. The molecule has 0 saturated carbocycles. The summed E-state index contributed by atoms with van der Waals surface area (Å²) < 4.78 is 0. The number of aromatic carboxylic acids is 2. The van der Waals surface area contributed by atoms with Crippen molar-refractivity contribution in [3.05, 3.63) is 53.7 Å². The first kappa shape index (κ1) is 24.1. The van der Waals surface area contributed by atoms with Gasteiger partial charge in [-0.25, -0.2) is 4.98 Å². The third-order valence-corrected chi connectivity index (χ3v) is 2.89. The van der Waals surface area contributed by atoms with Crippen LogP contribution in [0.2, 0.25) is 0 Å². The Bertz CT molecular complexity index is 753. The zero-order valence-corrected chi connectivity index (χ0v) is 19.7. The summed E-state index contributed by atoms with van der Waals surface area (Å²) in [6, 6.07) is 8.03. The predicted octanol–water partition coefficient (Wildman–Crippen LogP) is -6.50. The number of amides is 1. The van der Waals surface area contributed by atoms with Gasteiger partial charge in [0.25, 0.3) is 0 Å². The Morgan fingerprint density at radius 1 is 1.00 bits per heavy atom. The van der Waals surface area contributed by atoms with Crippen molar-refractivity contribution in [1.29, 1.82) is 0 Å². The summed E-state index contributed by atoms with van der Waals surface area (Å²) in [5.74, 6) is -3.41. The number of hydrogen-bond donors (Lipinski definition) is 0. The molecule has 0 fully saturated rings. The summed E-state index contributed by atoms with van der Waals surface area (Å²) in [7, 11) is 0. The van der Waals surface area contributed by atoms with Crippen LogP contribution in [-0.2, 0) is 4.79 Å². The van der Waals surface area contributed by atoms with Crippen molar-refractivity contribution in [2.45, 2.75) is 6.92 Å². The van der Waals surface area contributed by atoms with Crippen molar-refractivity contribution in [2.24, 2.45) is 0 Å². The topological polar surface area (TPSA) is 113 Å². The Morgan fingerprint density at radius 2 is 1.67 bits per heavy atom. The number of pyridine rings is 1. The van der Waals surface area contributed by atoms with E-state index in [1.54, 1.807) is 12.1 Å². The number of nitrogens with zero attached hydrogens (tertiary/aromatic N) is 2. The van der Waals surface area contributed by atoms with Crippen molar-refractivity contribution in [3.63, 3.8) is 0 Å². The molecule has 0 aliphatic heterocycles. The summed E-state index contributed by atoms with van der Waals surface area (Å²) in [4.78, 5) is 39.1. The van der Waals surface area contributed by atoms with Gasteiger partial charge in [0.05, 0.1) is 17.6 Å². The third-order valence-electron chi connectivity index (χ3n) is 2.89. The maximum atomic E-state index is 11.9. The number of hydrogen-bond acceptors (Lipinski definition) is 6. The molecule has 0 saturated heterocycles. The molecule has 1 heterocycles. The van der Waals surface area contributed by atoms with Crippen molar-refractivity contribution < 1.29 is 127 Å². The van der Waals surface area contributed by atoms with Crippen LogP contribution in [0, 0.1) is 0 Å². The minimum Gasteiger partial charge on any atom is -0.545 e. The molecule has 7 nitrogen and oxygen atoms in total. The van der Waals surface area contributed by atoms with Gasteiger partial charge in [0.2, 0.25) is 5.91 Å². The van der Waals surface area contributed by atoms with Gasteiger partial charge in [-0.05, 0) is 29.8 Å². The number of carbonyl (C=O) groups excluding carboxylic acids is 3. The summed E-state index contributed by atoms with van der Waals surface area (Å²) in [6.45, 7) is 1.24. The van der Waals surface area contributed by atoms with E-state index < -0.39 is 23.4 Å². The minimum atomic E-state index is -1.61. The van der Waals surface area contributed by atoms with Crippen LogP contribution in [-0.4, -0.2) is 22.8 Å². The molecule has 0 unspecified atom stereocenters. The van der Waals surface area contributed by atoms with E-state index in [1.807, 2.05) is 0 Å². The first-order chi connectivity index (χ1) is 10.4. The summed E-state index contributed by atoms with van der Waals surface area (Å²) in [5.41, 5.74) is -0.800. The van der Waals surface area contributed by atoms with Crippen LogP contribution in [0.3, 0.4) is 0 Å². The SMILES string of the molecule is CC(=O)N(c1ccccn1)c1ccc(C(=O)[O-])cc1C(=O)[O-].[K+].[K+]. The monoisotopic (exact) mass is 376 g/mol. The number of aromatic nitrogens is 1. The second-order valence-corrected chi connectivity index (χ2v) is 4.35. The first-order valence-corrected chi connectivity index (χ1v) is 6.20. The number of carboxylic acid groups (broad SMARTS) is 2. The summed E-state index contributed by atoms with van der Waals surface area (Å²) >= 11 is 0. The Labute approximate surface area is 223 Å². The molecule has 1 aromatic heterocycles. The summed E-state index contributed by atoms with van der Waals surface area (Å²) in [6.07, 6.45) is 1.44. The molecule has 0 spiro atoms. The molecule has 1 amide bonds. The number of anilines is 2. The normalized spacial score (nSPS) is 9.21. The van der Waals surface area contributed by atoms with Crippen molar-refractivity contribution in [3.8, 4) is 0 Å². The Kier molecular flexibility index (Phi) is 10.9. The third kappa shape index (κ3) is 5.80. The smallest absolute Gasteiger partial charge is 0.545 e. The molecule has 2 aromatic rings. The molecule has 0 radical (unpaired) electrons.